The maximum Gasteiger partial charge on any atom is 0.280 e. The van der Waals surface area contributed by atoms with Crippen LogP contribution in [0.5, 0.6) is 0 Å². The number of aryl methyl sites for hydroxylation is 1. The zero-order valence-corrected chi connectivity index (χ0v) is 12.9. The summed E-state index contributed by atoms with van der Waals surface area (Å²) in [7, 11) is 0. The number of imide groups is 1. The molecule has 0 unspecified atom stereocenters. The summed E-state index contributed by atoms with van der Waals surface area (Å²) in [5, 5.41) is 3.23. The third kappa shape index (κ3) is 2.80. The van der Waals surface area contributed by atoms with Crippen LogP contribution in [0.4, 0.5) is 5.69 Å². The van der Waals surface area contributed by atoms with Crippen molar-refractivity contribution in [2.45, 2.75) is 6.92 Å². The van der Waals surface area contributed by atoms with Gasteiger partial charge in [0.2, 0.25) is 5.91 Å². The molecule has 6 nitrogen and oxygen atoms in total. The highest BCUT2D eigenvalue weighted by Crippen LogP contribution is 2.22. The number of hydrogen-bond donors (Lipinski definition) is 1. The number of rotatable bonds is 3. The smallest absolute Gasteiger partial charge is 0.280 e. The van der Waals surface area contributed by atoms with E-state index in [0.717, 1.165) is 10.5 Å². The van der Waals surface area contributed by atoms with E-state index in [1.54, 1.807) is 31.2 Å². The number of pyridine rings is 1. The van der Waals surface area contributed by atoms with Crippen molar-refractivity contribution in [3.8, 4) is 0 Å². The molecule has 7 heteroatoms. The summed E-state index contributed by atoms with van der Waals surface area (Å²) in [5.74, 6) is -1.54. The van der Waals surface area contributed by atoms with E-state index in [1.165, 1.54) is 12.3 Å². The van der Waals surface area contributed by atoms with Crippen LogP contribution >= 0.6 is 11.6 Å². The fourth-order valence-electron chi connectivity index (χ4n) is 2.36. The molecule has 1 aromatic carbocycles. The van der Waals surface area contributed by atoms with E-state index in [2.05, 4.69) is 10.3 Å². The zero-order valence-electron chi connectivity index (χ0n) is 12.2. The van der Waals surface area contributed by atoms with Gasteiger partial charge < -0.3 is 5.32 Å². The Morgan fingerprint density at radius 2 is 2.04 bits per heavy atom. The van der Waals surface area contributed by atoms with Gasteiger partial charge in [0.05, 0.1) is 5.56 Å². The van der Waals surface area contributed by atoms with E-state index in [1.807, 2.05) is 0 Å². The minimum Gasteiger partial charge on any atom is -0.324 e. The second kappa shape index (κ2) is 5.81. The molecule has 23 heavy (non-hydrogen) atoms. The van der Waals surface area contributed by atoms with Crippen molar-refractivity contribution in [3.63, 3.8) is 0 Å². The van der Waals surface area contributed by atoms with Crippen molar-refractivity contribution in [2.75, 3.05) is 11.9 Å². The highest BCUT2D eigenvalue weighted by Gasteiger charge is 2.37. The van der Waals surface area contributed by atoms with Crippen molar-refractivity contribution in [1.82, 2.24) is 9.88 Å². The molecule has 1 aromatic heterocycles. The summed E-state index contributed by atoms with van der Waals surface area (Å²) in [5.41, 5.74) is 1.66. The summed E-state index contributed by atoms with van der Waals surface area (Å²) in [6, 6.07) is 8.12. The molecule has 0 spiro atoms. The highest BCUT2D eigenvalue weighted by atomic mass is 35.5. The Balaban J connectivity index is 1.74. The summed E-state index contributed by atoms with van der Waals surface area (Å²) >= 11 is 5.86. The number of aromatic nitrogens is 1. The Morgan fingerprint density at radius 1 is 1.26 bits per heavy atom. The van der Waals surface area contributed by atoms with Crippen LogP contribution in [-0.4, -0.2) is 34.2 Å². The standard InChI is InChI=1S/C16H12ClN3O3/c1-9-7-10(17)4-5-12(9)19-13(21)8-20-15(22)11-3-2-6-18-14(11)16(20)23/h2-7H,8H2,1H3,(H,19,21). The topological polar surface area (TPSA) is 79.4 Å². The van der Waals surface area contributed by atoms with Gasteiger partial charge in [0.1, 0.15) is 12.2 Å². The molecule has 2 heterocycles. The molecule has 2 aromatic rings. The molecule has 3 rings (SSSR count). The van der Waals surface area contributed by atoms with E-state index in [0.29, 0.717) is 10.7 Å². The summed E-state index contributed by atoms with van der Waals surface area (Å²) in [4.78, 5) is 41.2. The van der Waals surface area contributed by atoms with Gasteiger partial charge in [-0.05, 0) is 42.8 Å². The van der Waals surface area contributed by atoms with Crippen molar-refractivity contribution in [2.24, 2.45) is 0 Å². The molecule has 0 fully saturated rings. The van der Waals surface area contributed by atoms with Crippen LogP contribution in [0.1, 0.15) is 26.4 Å². The first kappa shape index (κ1) is 15.2. The van der Waals surface area contributed by atoms with Crippen molar-refractivity contribution >= 4 is 35.0 Å². The van der Waals surface area contributed by atoms with Crippen molar-refractivity contribution in [3.05, 3.63) is 58.4 Å². The first-order chi connectivity index (χ1) is 11.0. The molecule has 0 radical (unpaired) electrons. The third-order valence-corrected chi connectivity index (χ3v) is 3.73. The molecule has 1 aliphatic rings. The Bertz CT molecular complexity index is 800. The summed E-state index contributed by atoms with van der Waals surface area (Å²) in [6.07, 6.45) is 1.44. The predicted molar refractivity (Wildman–Crippen MR) is 84.4 cm³/mol. The Morgan fingerprint density at radius 3 is 2.74 bits per heavy atom. The molecule has 0 saturated heterocycles. The molecule has 116 valence electrons. The number of nitrogens with one attached hydrogen (secondary N) is 1. The quantitative estimate of drug-likeness (QED) is 0.876. The van der Waals surface area contributed by atoms with Gasteiger partial charge in [-0.2, -0.15) is 0 Å². The predicted octanol–water partition coefficient (Wildman–Crippen LogP) is 2.28. The molecule has 0 atom stereocenters. The second-order valence-electron chi connectivity index (χ2n) is 5.10. The number of nitrogens with zero attached hydrogens (tertiary/aromatic N) is 2. The molecule has 1 aliphatic heterocycles. The summed E-state index contributed by atoms with van der Waals surface area (Å²) < 4.78 is 0. The number of amides is 3. The number of halogens is 1. The molecular formula is C16H12ClN3O3. The van der Waals surface area contributed by atoms with Gasteiger partial charge >= 0.3 is 0 Å². The minimum atomic E-state index is -0.562. The number of benzene rings is 1. The number of carbonyl (C=O) groups excluding carboxylic acids is 3. The van der Waals surface area contributed by atoms with Crippen LogP contribution in [0.3, 0.4) is 0 Å². The van der Waals surface area contributed by atoms with Crippen LogP contribution in [0.25, 0.3) is 0 Å². The Kier molecular flexibility index (Phi) is 3.83. The third-order valence-electron chi connectivity index (χ3n) is 3.50. The van der Waals surface area contributed by atoms with Gasteiger partial charge in [-0.3, -0.25) is 24.3 Å². The van der Waals surface area contributed by atoms with Crippen molar-refractivity contribution in [1.29, 1.82) is 0 Å². The average Bonchev–Trinajstić information content (AvgIpc) is 2.76. The summed E-state index contributed by atoms with van der Waals surface area (Å²) in [6.45, 7) is 1.43. The fraction of sp³-hybridized carbons (Fsp3) is 0.125. The lowest BCUT2D eigenvalue weighted by Gasteiger charge is -2.14. The largest absolute Gasteiger partial charge is 0.324 e. The number of hydrogen-bond acceptors (Lipinski definition) is 4. The van der Waals surface area contributed by atoms with Crippen LogP contribution < -0.4 is 5.32 Å². The van der Waals surface area contributed by atoms with Gasteiger partial charge in [0.15, 0.2) is 0 Å². The van der Waals surface area contributed by atoms with Crippen LogP contribution in [0.2, 0.25) is 5.02 Å². The number of carbonyl (C=O) groups is 3. The van der Waals surface area contributed by atoms with Gasteiger partial charge in [-0.1, -0.05) is 11.6 Å². The van der Waals surface area contributed by atoms with Crippen LogP contribution in [0, 0.1) is 6.92 Å². The molecule has 3 amide bonds. The fourth-order valence-corrected chi connectivity index (χ4v) is 2.58. The normalized spacial score (nSPS) is 13.2. The first-order valence-electron chi connectivity index (χ1n) is 6.84. The zero-order chi connectivity index (χ0) is 16.6. The second-order valence-corrected chi connectivity index (χ2v) is 5.54. The molecule has 0 aliphatic carbocycles. The van der Waals surface area contributed by atoms with Crippen LogP contribution in [-0.2, 0) is 4.79 Å². The maximum absolute atomic E-state index is 12.2. The monoisotopic (exact) mass is 329 g/mol. The molecule has 0 saturated carbocycles. The van der Waals surface area contributed by atoms with Crippen LogP contribution in [0.15, 0.2) is 36.5 Å². The highest BCUT2D eigenvalue weighted by molar-refractivity contribution is 6.30. The lowest BCUT2D eigenvalue weighted by molar-refractivity contribution is -0.116. The maximum atomic E-state index is 12.2. The first-order valence-corrected chi connectivity index (χ1v) is 7.22. The number of anilines is 1. The average molecular weight is 330 g/mol. The SMILES string of the molecule is Cc1cc(Cl)ccc1NC(=O)CN1C(=O)c2cccnc2C1=O. The molecular weight excluding hydrogens is 318 g/mol. The lowest BCUT2D eigenvalue weighted by atomic mass is 10.2. The van der Waals surface area contributed by atoms with E-state index < -0.39 is 17.7 Å². The number of fused-ring (bicyclic) bond motifs is 1. The minimum absolute atomic E-state index is 0.0768. The van der Waals surface area contributed by atoms with E-state index >= 15 is 0 Å². The van der Waals surface area contributed by atoms with E-state index in [9.17, 15) is 14.4 Å². The Labute approximate surface area is 137 Å². The van der Waals surface area contributed by atoms with E-state index in [4.69, 9.17) is 11.6 Å². The van der Waals surface area contributed by atoms with Gasteiger partial charge in [-0.15, -0.1) is 0 Å². The van der Waals surface area contributed by atoms with Crippen molar-refractivity contribution < 1.29 is 14.4 Å². The molecule has 1 N–H and O–H groups in total. The van der Waals surface area contributed by atoms with E-state index in [-0.39, 0.29) is 17.8 Å². The van der Waals surface area contributed by atoms with Gasteiger partial charge in [-0.25, -0.2) is 0 Å². The lowest BCUT2D eigenvalue weighted by Crippen LogP contribution is -2.37. The van der Waals surface area contributed by atoms with Gasteiger partial charge in [0.25, 0.3) is 11.8 Å². The van der Waals surface area contributed by atoms with Gasteiger partial charge in [0, 0.05) is 16.9 Å². The Hall–Kier alpha value is -2.73. The molecule has 0 bridgehead atoms.